The summed E-state index contributed by atoms with van der Waals surface area (Å²) in [4.78, 5) is 0. The summed E-state index contributed by atoms with van der Waals surface area (Å²) in [5.41, 5.74) is 0.498. The maximum atomic E-state index is 11.8. The zero-order chi connectivity index (χ0) is 16.3. The average molecular weight is 369 g/mol. The van der Waals surface area contributed by atoms with Crippen molar-refractivity contribution in [2.75, 3.05) is 25.4 Å². The molecule has 0 aliphatic carbocycles. The highest BCUT2D eigenvalue weighted by Crippen LogP contribution is 2.40. The summed E-state index contributed by atoms with van der Waals surface area (Å²) in [6, 6.07) is 2.74. The number of hydrogen-bond acceptors (Lipinski definition) is 5. The van der Waals surface area contributed by atoms with E-state index in [1.165, 1.54) is 12.1 Å². The minimum atomic E-state index is -3.43. The van der Waals surface area contributed by atoms with Gasteiger partial charge in [0.25, 0.3) is 0 Å². The van der Waals surface area contributed by atoms with E-state index in [2.05, 4.69) is 10.0 Å². The fourth-order valence-corrected chi connectivity index (χ4v) is 4.46. The van der Waals surface area contributed by atoms with Gasteiger partial charge in [-0.2, -0.15) is 0 Å². The number of rotatable bonds is 6. The van der Waals surface area contributed by atoms with Crippen molar-refractivity contribution in [1.29, 1.82) is 0 Å². The van der Waals surface area contributed by atoms with Crippen LogP contribution in [-0.4, -0.2) is 44.1 Å². The first-order chi connectivity index (χ1) is 10.3. The van der Waals surface area contributed by atoms with Crippen molar-refractivity contribution in [1.82, 2.24) is 10.0 Å². The quantitative estimate of drug-likeness (QED) is 0.605. The summed E-state index contributed by atoms with van der Waals surface area (Å²) in [7, 11) is -3.43. The Hall–Kier alpha value is -0.570. The monoisotopic (exact) mass is 368 g/mol. The van der Waals surface area contributed by atoms with Crippen LogP contribution in [-0.2, 0) is 10.0 Å². The number of phenolic OH excluding ortho intramolecular Hbond substituents is 1. The van der Waals surface area contributed by atoms with Crippen LogP contribution >= 0.6 is 23.2 Å². The van der Waals surface area contributed by atoms with Crippen LogP contribution in [0.1, 0.15) is 18.0 Å². The Morgan fingerprint density at radius 2 is 2.09 bits per heavy atom. The van der Waals surface area contributed by atoms with Crippen molar-refractivity contribution < 1.29 is 18.6 Å². The van der Waals surface area contributed by atoms with E-state index in [9.17, 15) is 13.5 Å². The maximum absolute atomic E-state index is 11.8. The van der Waals surface area contributed by atoms with Crippen LogP contribution in [0.2, 0.25) is 10.0 Å². The molecular formula is C13H18Cl2N2O4S. The molecule has 1 heterocycles. The summed E-state index contributed by atoms with van der Waals surface area (Å²) >= 11 is 12.1. The summed E-state index contributed by atoms with van der Waals surface area (Å²) in [5.74, 6) is -0.125. The van der Waals surface area contributed by atoms with Crippen molar-refractivity contribution in [2.45, 2.75) is 12.5 Å². The first-order valence-electron chi connectivity index (χ1n) is 6.82. The number of sulfonamides is 1. The largest absolute Gasteiger partial charge is 0.508 e. The lowest BCUT2D eigenvalue weighted by Gasteiger charge is -2.16. The van der Waals surface area contributed by atoms with E-state index < -0.39 is 10.0 Å². The molecule has 0 bridgehead atoms. The fraction of sp³-hybridized carbons (Fsp3) is 0.538. The third-order valence-corrected chi connectivity index (χ3v) is 5.94. The Labute approximate surface area is 139 Å². The minimum absolute atomic E-state index is 0.00677. The van der Waals surface area contributed by atoms with Crippen molar-refractivity contribution in [3.05, 3.63) is 27.7 Å². The Morgan fingerprint density at radius 1 is 1.36 bits per heavy atom. The number of aliphatic hydroxyl groups excluding tert-OH is 1. The van der Waals surface area contributed by atoms with Gasteiger partial charge in [0.15, 0.2) is 0 Å². The minimum Gasteiger partial charge on any atom is -0.508 e. The van der Waals surface area contributed by atoms with Gasteiger partial charge in [0.2, 0.25) is 10.0 Å². The van der Waals surface area contributed by atoms with Crippen molar-refractivity contribution in [3.63, 3.8) is 0 Å². The average Bonchev–Trinajstić information content (AvgIpc) is 2.88. The van der Waals surface area contributed by atoms with E-state index in [1.54, 1.807) is 0 Å². The number of benzene rings is 1. The van der Waals surface area contributed by atoms with Crippen molar-refractivity contribution in [3.8, 4) is 5.75 Å². The van der Waals surface area contributed by atoms with Crippen molar-refractivity contribution in [2.24, 2.45) is 5.92 Å². The molecule has 6 nitrogen and oxygen atoms in total. The summed E-state index contributed by atoms with van der Waals surface area (Å²) < 4.78 is 26.0. The van der Waals surface area contributed by atoms with Gasteiger partial charge in [-0.1, -0.05) is 23.2 Å². The van der Waals surface area contributed by atoms with Crippen LogP contribution in [0.15, 0.2) is 12.1 Å². The number of aliphatic hydroxyl groups is 1. The van der Waals surface area contributed by atoms with E-state index in [1.807, 2.05) is 0 Å². The lowest BCUT2D eigenvalue weighted by atomic mass is 10.0. The van der Waals surface area contributed by atoms with Crippen LogP contribution in [0.25, 0.3) is 0 Å². The second-order valence-electron chi connectivity index (χ2n) is 5.26. The third kappa shape index (κ3) is 4.24. The van der Waals surface area contributed by atoms with Crippen LogP contribution in [0, 0.1) is 5.92 Å². The molecule has 0 spiro atoms. The third-order valence-electron chi connectivity index (χ3n) is 3.57. The highest BCUT2D eigenvalue weighted by atomic mass is 35.5. The van der Waals surface area contributed by atoms with Gasteiger partial charge in [-0.15, -0.1) is 0 Å². The number of nitrogens with one attached hydrogen (secondary N) is 2. The molecular weight excluding hydrogens is 351 g/mol. The molecule has 1 fully saturated rings. The summed E-state index contributed by atoms with van der Waals surface area (Å²) in [5, 5.41) is 22.4. The molecule has 1 unspecified atom stereocenters. The normalized spacial score (nSPS) is 22.1. The lowest BCUT2D eigenvalue weighted by molar-refractivity contribution is 0.301. The molecule has 4 N–H and O–H groups in total. The molecule has 0 saturated carbocycles. The highest BCUT2D eigenvalue weighted by Gasteiger charge is 2.32. The molecule has 1 saturated heterocycles. The van der Waals surface area contributed by atoms with E-state index in [4.69, 9.17) is 28.3 Å². The maximum Gasteiger partial charge on any atom is 0.211 e. The second-order valence-corrected chi connectivity index (χ2v) is 7.89. The van der Waals surface area contributed by atoms with Gasteiger partial charge in [-0.05, 0) is 31.0 Å². The zero-order valence-corrected chi connectivity index (χ0v) is 14.0. The molecule has 2 atom stereocenters. The van der Waals surface area contributed by atoms with E-state index in [-0.39, 0.29) is 41.6 Å². The molecule has 22 heavy (non-hydrogen) atoms. The SMILES string of the molecule is O=S(=O)(CC1CN[C@@H](c2c(O)ccc(Cl)c2Cl)C1)NCCO. The van der Waals surface area contributed by atoms with Crippen LogP contribution < -0.4 is 10.0 Å². The number of halogens is 2. The zero-order valence-electron chi connectivity index (χ0n) is 11.7. The summed E-state index contributed by atoms with van der Waals surface area (Å²) in [6.07, 6.45) is 0.521. The molecule has 1 aromatic carbocycles. The molecule has 9 heteroatoms. The molecule has 1 aliphatic rings. The Bertz CT molecular complexity index is 639. The Kier molecular flexibility index (Phi) is 5.93. The first-order valence-corrected chi connectivity index (χ1v) is 9.23. The molecule has 1 aromatic rings. The van der Waals surface area contributed by atoms with Gasteiger partial charge in [-0.25, -0.2) is 13.1 Å². The van der Waals surface area contributed by atoms with E-state index in [0.29, 0.717) is 23.6 Å². The van der Waals surface area contributed by atoms with Crippen LogP contribution in [0.4, 0.5) is 0 Å². The molecule has 1 aliphatic heterocycles. The number of hydrogen-bond donors (Lipinski definition) is 4. The van der Waals surface area contributed by atoms with Crippen LogP contribution in [0.5, 0.6) is 5.75 Å². The molecule has 124 valence electrons. The smallest absolute Gasteiger partial charge is 0.211 e. The molecule has 0 radical (unpaired) electrons. The first kappa shape index (κ1) is 17.8. The Morgan fingerprint density at radius 3 is 2.77 bits per heavy atom. The van der Waals surface area contributed by atoms with Crippen LogP contribution in [0.3, 0.4) is 0 Å². The van der Waals surface area contributed by atoms with Crippen molar-refractivity contribution >= 4 is 33.2 Å². The van der Waals surface area contributed by atoms with E-state index >= 15 is 0 Å². The number of phenols is 1. The summed E-state index contributed by atoms with van der Waals surface area (Å²) in [6.45, 7) is 0.260. The van der Waals surface area contributed by atoms with E-state index in [0.717, 1.165) is 0 Å². The lowest BCUT2D eigenvalue weighted by Crippen LogP contribution is -2.32. The predicted molar refractivity (Wildman–Crippen MR) is 85.9 cm³/mol. The van der Waals surface area contributed by atoms with Gasteiger partial charge in [0.1, 0.15) is 5.75 Å². The Balaban J connectivity index is 2.06. The molecule has 0 aromatic heterocycles. The van der Waals surface area contributed by atoms with Gasteiger partial charge < -0.3 is 15.5 Å². The molecule has 2 rings (SSSR count). The predicted octanol–water partition coefficient (Wildman–Crippen LogP) is 1.26. The van der Waals surface area contributed by atoms with Gasteiger partial charge in [0.05, 0.1) is 22.4 Å². The number of aromatic hydroxyl groups is 1. The highest BCUT2D eigenvalue weighted by molar-refractivity contribution is 7.89. The van der Waals surface area contributed by atoms with Gasteiger partial charge >= 0.3 is 0 Å². The topological polar surface area (TPSA) is 98.7 Å². The fourth-order valence-electron chi connectivity index (χ4n) is 2.61. The standard InChI is InChI=1S/C13H18Cl2N2O4S/c14-9-1-2-11(19)12(13(9)15)10-5-8(6-16-10)7-22(20,21)17-3-4-18/h1-2,8,10,16-19H,3-7H2/t8?,10-/m1/s1. The second kappa shape index (κ2) is 7.33. The van der Waals surface area contributed by atoms with Gasteiger partial charge in [0, 0.05) is 18.2 Å². The van der Waals surface area contributed by atoms with Gasteiger partial charge in [-0.3, -0.25) is 0 Å². The molecule has 0 amide bonds.